The first kappa shape index (κ1) is 74.3. The van der Waals surface area contributed by atoms with Crippen molar-refractivity contribution in [3.63, 3.8) is 0 Å². The molecule has 2 heterocycles. The third-order valence-electron chi connectivity index (χ3n) is 11.7. The number of rotatable bonds is 18. The second kappa shape index (κ2) is 37.2. The lowest BCUT2D eigenvalue weighted by molar-refractivity contribution is -0.193. The number of aryl methyl sites for hydroxylation is 6. The van der Waals surface area contributed by atoms with E-state index in [0.717, 1.165) is 43.2 Å². The number of benzene rings is 3. The van der Waals surface area contributed by atoms with Crippen molar-refractivity contribution in [2.45, 2.75) is 95.8 Å². The lowest BCUT2D eigenvalue weighted by atomic mass is 9.91. The van der Waals surface area contributed by atoms with Crippen molar-refractivity contribution >= 4 is 81.9 Å². The molecule has 2 N–H and O–H groups in total. The number of amides is 1. The Hall–Kier alpha value is -5.78. The van der Waals surface area contributed by atoms with Crippen molar-refractivity contribution in [1.29, 1.82) is 0 Å². The zero-order chi connectivity index (χ0) is 59.3. The molecule has 0 atom stereocenters. The van der Waals surface area contributed by atoms with Gasteiger partial charge in [0.15, 0.2) is 5.78 Å². The standard InChI is InChI=1S/C26H36N4O5S.C12H19NO3S.C9H11ClO3S.C3H9N.2CO2.ClH/c1-19-15-24(35-4)16-20(2)26(19)36(33,34)29(3)18-25(32)28-17-23(31)6-5-21-9-13-30(14-10-21)22-7-11-27-12-8-22;1-6-13(4)17(14,15)12-9(2)7-11(16-5)8-10(12)3;1-6-4-8(13-3)5-7(2)9(6)14(10,11)12;1-3-4-2;2*2-1-3;/h7-8,11-12,15-16,21H,5-6,9-10,13-14,17-18H2,1-4H3,(H,28,32);7-8H,6H2,1-5H3;4-5H,1-3H3;4H,3H2,1-2H3;;;1H. The summed E-state index contributed by atoms with van der Waals surface area (Å²) >= 11 is 0. The number of sulfonamides is 2. The monoisotopic (exact) mass is 1190 g/mol. The highest BCUT2D eigenvalue weighted by atomic mass is 35.7. The molecule has 0 saturated carbocycles. The number of carbonyl (C=O) groups is 2. The van der Waals surface area contributed by atoms with Crippen molar-refractivity contribution in [3.05, 3.63) is 94.3 Å². The minimum Gasteiger partial charge on any atom is -0.497 e. The summed E-state index contributed by atoms with van der Waals surface area (Å²) in [7, 11) is 3.84. The Bertz CT molecular complexity index is 2850. The van der Waals surface area contributed by atoms with E-state index in [2.05, 4.69) is 27.4 Å². The van der Waals surface area contributed by atoms with Crippen molar-refractivity contribution in [2.24, 2.45) is 5.92 Å². The van der Waals surface area contributed by atoms with Crippen LogP contribution in [0.3, 0.4) is 0 Å². The van der Waals surface area contributed by atoms with Gasteiger partial charge in [-0.05, 0) is 162 Å². The summed E-state index contributed by atoms with van der Waals surface area (Å²) in [6.45, 7) is 17.2. The summed E-state index contributed by atoms with van der Waals surface area (Å²) in [5, 5.41) is 5.50. The fourth-order valence-electron chi connectivity index (χ4n) is 7.79. The van der Waals surface area contributed by atoms with Crippen LogP contribution in [0.25, 0.3) is 0 Å². The molecule has 1 fully saturated rings. The van der Waals surface area contributed by atoms with Gasteiger partial charge >= 0.3 is 12.3 Å². The third-order valence-corrected chi connectivity index (χ3v) is 17.7. The van der Waals surface area contributed by atoms with E-state index in [1.54, 1.807) is 104 Å². The number of methoxy groups -OCH3 is 3. The Morgan fingerprint density at radius 1 is 0.679 bits per heavy atom. The number of nitrogens with zero attached hydrogens (tertiary/aromatic N) is 4. The van der Waals surface area contributed by atoms with Crippen LogP contribution in [0, 0.1) is 47.5 Å². The Morgan fingerprint density at radius 3 is 1.35 bits per heavy atom. The summed E-state index contributed by atoms with van der Waals surface area (Å²) in [4.78, 5) is 64.3. The first-order chi connectivity index (χ1) is 36.1. The fourth-order valence-corrected chi connectivity index (χ4v) is 12.5. The van der Waals surface area contributed by atoms with E-state index in [1.165, 1.54) is 31.3 Å². The van der Waals surface area contributed by atoms with Gasteiger partial charge in [0.2, 0.25) is 26.0 Å². The molecule has 1 amide bonds. The van der Waals surface area contributed by atoms with E-state index < -0.39 is 35.0 Å². The largest absolute Gasteiger partial charge is 0.497 e. The molecule has 4 aromatic rings. The van der Waals surface area contributed by atoms with E-state index in [1.807, 2.05) is 26.1 Å². The summed E-state index contributed by atoms with van der Waals surface area (Å²) in [5.41, 5.74) is 4.87. The van der Waals surface area contributed by atoms with Crippen molar-refractivity contribution in [1.82, 2.24) is 24.2 Å². The fraction of sp³-hybridized carbons (Fsp3) is 0.481. The van der Waals surface area contributed by atoms with Gasteiger partial charge in [0.1, 0.15) is 17.2 Å². The molecule has 0 spiro atoms. The molecular formula is C52H76Cl2N6O15S3. The maximum absolute atomic E-state index is 13.1. The van der Waals surface area contributed by atoms with E-state index in [4.69, 9.17) is 44.1 Å². The number of halogens is 2. The smallest absolute Gasteiger partial charge is 0.373 e. The summed E-state index contributed by atoms with van der Waals surface area (Å²) in [5.74, 6) is 1.80. The average Bonchev–Trinajstić information content (AvgIpc) is 3.37. The number of Topliss-reactive ketones (excluding diaryl/α,β-unsaturated/α-hetero) is 1. The van der Waals surface area contributed by atoms with Gasteiger partial charge in [-0.2, -0.15) is 23.5 Å². The number of nitrogens with one attached hydrogen (secondary N) is 2. The Balaban J connectivity index is 0. The van der Waals surface area contributed by atoms with Gasteiger partial charge in [-0.3, -0.25) is 14.6 Å². The number of ketones is 1. The lowest BCUT2D eigenvalue weighted by Gasteiger charge is -2.33. The topological polar surface area (TPSA) is 279 Å². The van der Waals surface area contributed by atoms with Crippen LogP contribution in [0.2, 0.25) is 0 Å². The number of piperidine rings is 1. The molecule has 78 heavy (non-hydrogen) atoms. The van der Waals surface area contributed by atoms with Crippen molar-refractivity contribution in [2.75, 3.05) is 86.6 Å². The predicted molar refractivity (Wildman–Crippen MR) is 299 cm³/mol. The van der Waals surface area contributed by atoms with Crippen LogP contribution < -0.4 is 29.7 Å². The maximum Gasteiger partial charge on any atom is 0.373 e. The second-order valence-electron chi connectivity index (χ2n) is 17.3. The number of aromatic nitrogens is 1. The van der Waals surface area contributed by atoms with Gasteiger partial charge in [-0.15, -0.1) is 12.4 Å². The van der Waals surface area contributed by atoms with E-state index >= 15 is 0 Å². The van der Waals surface area contributed by atoms with Gasteiger partial charge in [0.25, 0.3) is 9.05 Å². The normalized spacial score (nSPS) is 12.0. The minimum atomic E-state index is -3.88. The summed E-state index contributed by atoms with van der Waals surface area (Å²) in [6.07, 6.45) is 7.33. The van der Waals surface area contributed by atoms with Gasteiger partial charge in [-0.25, -0.2) is 29.6 Å². The number of anilines is 1. The minimum absolute atomic E-state index is 0. The second-order valence-corrected chi connectivity index (χ2v) is 23.7. The molecule has 0 radical (unpaired) electrons. The van der Waals surface area contributed by atoms with Crippen LogP contribution in [-0.2, 0) is 57.9 Å². The molecule has 3 aromatic carbocycles. The van der Waals surface area contributed by atoms with Crippen molar-refractivity contribution < 1.29 is 68.2 Å². The molecule has 436 valence electrons. The van der Waals surface area contributed by atoms with E-state index in [-0.39, 0.29) is 53.4 Å². The first-order valence-corrected chi connectivity index (χ1v) is 29.1. The van der Waals surface area contributed by atoms with Gasteiger partial charge in [0, 0.05) is 68.9 Å². The van der Waals surface area contributed by atoms with Crippen LogP contribution in [0.15, 0.2) is 75.6 Å². The molecule has 5 rings (SSSR count). The molecular weight excluding hydrogens is 1120 g/mol. The van der Waals surface area contributed by atoms with Crippen LogP contribution in [0.1, 0.15) is 72.9 Å². The molecule has 1 aromatic heterocycles. The zero-order valence-electron chi connectivity index (χ0n) is 46.8. The predicted octanol–water partition coefficient (Wildman–Crippen LogP) is 6.38. The summed E-state index contributed by atoms with van der Waals surface area (Å²) < 4.78 is 90.8. The van der Waals surface area contributed by atoms with E-state index in [9.17, 15) is 34.8 Å². The number of ether oxygens (including phenoxy) is 3. The van der Waals surface area contributed by atoms with Crippen molar-refractivity contribution in [3.8, 4) is 17.2 Å². The Kier molecular flexibility index (Phi) is 35.4. The number of hydrogen-bond acceptors (Lipinski definition) is 18. The molecule has 1 saturated heterocycles. The van der Waals surface area contributed by atoms with E-state index in [0.29, 0.717) is 74.4 Å². The van der Waals surface area contributed by atoms with Gasteiger partial charge < -0.3 is 29.7 Å². The molecule has 0 unspecified atom stereocenters. The maximum atomic E-state index is 13.1. The third kappa shape index (κ3) is 24.5. The van der Waals surface area contributed by atoms with Crippen LogP contribution in [0.4, 0.5) is 5.69 Å². The molecule has 21 nitrogen and oxygen atoms in total. The molecule has 0 bridgehead atoms. The molecule has 26 heteroatoms. The Morgan fingerprint density at radius 2 is 1.03 bits per heavy atom. The zero-order valence-corrected chi connectivity index (χ0v) is 50.9. The number of pyridine rings is 1. The average molecular weight is 1190 g/mol. The highest BCUT2D eigenvalue weighted by Crippen LogP contribution is 2.31. The van der Waals surface area contributed by atoms with Gasteiger partial charge in [0.05, 0.1) is 49.1 Å². The van der Waals surface area contributed by atoms with Crippen LogP contribution in [-0.4, -0.2) is 145 Å². The highest BCUT2D eigenvalue weighted by molar-refractivity contribution is 8.13. The SMILES string of the molecule is CCN(C)S(=O)(=O)c1c(C)cc(OC)cc1C.CCNC.COc1cc(C)c(S(=O)(=O)Cl)c(C)c1.COc1cc(C)c(S(=O)(=O)N(C)CC(=O)NCC(=O)CCC2CCN(c3ccncc3)CC2)c(C)c1.Cl.O=C=O.O=C=O. The number of carbonyl (C=O) groups excluding carboxylic acids is 6. The number of hydrogen-bond donors (Lipinski definition) is 2. The molecule has 0 aliphatic carbocycles. The van der Waals surface area contributed by atoms with Crippen LogP contribution in [0.5, 0.6) is 17.2 Å². The highest BCUT2D eigenvalue weighted by Gasteiger charge is 2.28. The first-order valence-electron chi connectivity index (χ1n) is 24.0. The number of likely N-dealkylation sites (N-methyl/N-ethyl adjacent to an activating group) is 1. The molecule has 1 aliphatic heterocycles. The molecule has 1 aliphatic rings. The Labute approximate surface area is 471 Å². The summed E-state index contributed by atoms with van der Waals surface area (Å²) in [6, 6.07) is 14.1. The lowest BCUT2D eigenvalue weighted by Crippen LogP contribution is -2.40. The van der Waals surface area contributed by atoms with Gasteiger partial charge in [-0.1, -0.05) is 13.8 Å². The van der Waals surface area contributed by atoms with Crippen LogP contribution >= 0.6 is 23.1 Å². The quantitative estimate of drug-likeness (QED) is 0.102.